The zero-order chi connectivity index (χ0) is 14.5. The number of amides is 1. The van der Waals surface area contributed by atoms with Crippen molar-refractivity contribution >= 4 is 17.7 Å². The Morgan fingerprint density at radius 1 is 1.55 bits per heavy atom. The molecule has 110 valence electrons. The van der Waals surface area contributed by atoms with Crippen molar-refractivity contribution in [2.24, 2.45) is 0 Å². The van der Waals surface area contributed by atoms with Gasteiger partial charge in [-0.25, -0.2) is 0 Å². The second kappa shape index (κ2) is 6.51. The minimum absolute atomic E-state index is 0.131. The van der Waals surface area contributed by atoms with Crippen LogP contribution in [0.3, 0.4) is 0 Å². The van der Waals surface area contributed by atoms with E-state index in [0.717, 1.165) is 12.8 Å². The second-order valence-corrected chi connectivity index (χ2v) is 5.03. The Kier molecular flexibility index (Phi) is 4.73. The van der Waals surface area contributed by atoms with Gasteiger partial charge in [0.2, 0.25) is 5.91 Å². The Labute approximate surface area is 116 Å². The van der Waals surface area contributed by atoms with Crippen molar-refractivity contribution in [3.8, 4) is 0 Å². The molecule has 7 heteroatoms. The lowest BCUT2D eigenvalue weighted by atomic mass is 10.1. The molecule has 1 fully saturated rings. The smallest absolute Gasteiger partial charge is 0.325 e. The number of rotatable bonds is 6. The Balaban J connectivity index is 1.73. The molecule has 1 aliphatic heterocycles. The standard InChI is InChI=1S/C13H19N3O4/c1-9-2-3-10(20-9)4-5-12(17)14-11-6-7-16(15-11)8-13(18)19/h6-7,9-10H,2-5,8H2,1H3,(H,18,19)(H,14,15,17)/t9-,10-/m0/s1. The molecular formula is C13H19N3O4. The van der Waals surface area contributed by atoms with E-state index >= 15 is 0 Å². The summed E-state index contributed by atoms with van der Waals surface area (Å²) in [5.74, 6) is -0.732. The number of hydrogen-bond acceptors (Lipinski definition) is 4. The SMILES string of the molecule is C[C@H]1CC[C@@H](CCC(=O)Nc2ccn(CC(=O)O)n2)O1. The zero-order valence-electron chi connectivity index (χ0n) is 11.4. The third-order valence-electron chi connectivity index (χ3n) is 3.22. The van der Waals surface area contributed by atoms with Crippen molar-refractivity contribution in [1.29, 1.82) is 0 Å². The van der Waals surface area contributed by atoms with Gasteiger partial charge in [-0.2, -0.15) is 5.10 Å². The van der Waals surface area contributed by atoms with Gasteiger partial charge in [0.05, 0.1) is 12.2 Å². The van der Waals surface area contributed by atoms with Crippen molar-refractivity contribution < 1.29 is 19.4 Å². The number of anilines is 1. The minimum Gasteiger partial charge on any atom is -0.480 e. The van der Waals surface area contributed by atoms with Crippen LogP contribution in [0.2, 0.25) is 0 Å². The van der Waals surface area contributed by atoms with Crippen LogP contribution in [-0.2, 0) is 20.9 Å². The maximum Gasteiger partial charge on any atom is 0.325 e. The molecule has 1 amide bonds. The average Bonchev–Trinajstić information content (AvgIpc) is 2.95. The first-order valence-corrected chi connectivity index (χ1v) is 6.73. The van der Waals surface area contributed by atoms with Crippen molar-refractivity contribution in [3.63, 3.8) is 0 Å². The molecule has 0 aliphatic carbocycles. The van der Waals surface area contributed by atoms with Gasteiger partial charge in [0.1, 0.15) is 6.54 Å². The molecule has 1 aromatic rings. The molecule has 0 spiro atoms. The molecule has 1 aliphatic rings. The highest BCUT2D eigenvalue weighted by molar-refractivity contribution is 5.89. The predicted molar refractivity (Wildman–Crippen MR) is 71.3 cm³/mol. The summed E-state index contributed by atoms with van der Waals surface area (Å²) in [6, 6.07) is 1.58. The van der Waals surface area contributed by atoms with Crippen LogP contribution < -0.4 is 5.32 Å². The monoisotopic (exact) mass is 281 g/mol. The summed E-state index contributed by atoms with van der Waals surface area (Å²) in [5.41, 5.74) is 0. The molecule has 0 radical (unpaired) electrons. The zero-order valence-corrected chi connectivity index (χ0v) is 11.4. The summed E-state index contributed by atoms with van der Waals surface area (Å²) in [6.07, 6.45) is 5.10. The van der Waals surface area contributed by atoms with Crippen LogP contribution in [-0.4, -0.2) is 39.0 Å². The Morgan fingerprint density at radius 2 is 2.35 bits per heavy atom. The van der Waals surface area contributed by atoms with Gasteiger partial charge in [-0.1, -0.05) is 0 Å². The lowest BCUT2D eigenvalue weighted by molar-refractivity contribution is -0.137. The van der Waals surface area contributed by atoms with Crippen molar-refractivity contribution in [1.82, 2.24) is 9.78 Å². The van der Waals surface area contributed by atoms with Crippen molar-refractivity contribution in [2.75, 3.05) is 5.32 Å². The molecule has 2 atom stereocenters. The number of ether oxygens (including phenoxy) is 1. The van der Waals surface area contributed by atoms with Gasteiger partial charge < -0.3 is 15.2 Å². The number of hydrogen-bond donors (Lipinski definition) is 2. The minimum atomic E-state index is -0.974. The molecule has 1 aromatic heterocycles. The maximum atomic E-state index is 11.7. The fourth-order valence-electron chi connectivity index (χ4n) is 2.25. The van der Waals surface area contributed by atoms with Crippen LogP contribution in [0.25, 0.3) is 0 Å². The quantitative estimate of drug-likeness (QED) is 0.818. The van der Waals surface area contributed by atoms with Crippen LogP contribution >= 0.6 is 0 Å². The molecule has 7 nitrogen and oxygen atoms in total. The van der Waals surface area contributed by atoms with Gasteiger partial charge in [0, 0.05) is 18.7 Å². The second-order valence-electron chi connectivity index (χ2n) is 5.03. The summed E-state index contributed by atoms with van der Waals surface area (Å²) in [4.78, 5) is 22.3. The van der Waals surface area contributed by atoms with Crippen LogP contribution in [0.15, 0.2) is 12.3 Å². The van der Waals surface area contributed by atoms with Gasteiger partial charge in [0.25, 0.3) is 0 Å². The van der Waals surface area contributed by atoms with Crippen LogP contribution in [0.5, 0.6) is 0 Å². The highest BCUT2D eigenvalue weighted by Gasteiger charge is 2.22. The van der Waals surface area contributed by atoms with E-state index in [0.29, 0.717) is 18.7 Å². The van der Waals surface area contributed by atoms with Crippen molar-refractivity contribution in [3.05, 3.63) is 12.3 Å². The molecule has 0 bridgehead atoms. The largest absolute Gasteiger partial charge is 0.480 e. The summed E-state index contributed by atoms with van der Waals surface area (Å²) < 4.78 is 6.91. The molecule has 2 rings (SSSR count). The van der Waals surface area contributed by atoms with E-state index in [9.17, 15) is 9.59 Å². The summed E-state index contributed by atoms with van der Waals surface area (Å²) in [6.45, 7) is 1.82. The third-order valence-corrected chi connectivity index (χ3v) is 3.22. The van der Waals surface area contributed by atoms with E-state index in [2.05, 4.69) is 10.4 Å². The van der Waals surface area contributed by atoms with E-state index in [1.54, 1.807) is 6.07 Å². The number of aromatic nitrogens is 2. The van der Waals surface area contributed by atoms with E-state index in [4.69, 9.17) is 9.84 Å². The van der Waals surface area contributed by atoms with Gasteiger partial charge >= 0.3 is 5.97 Å². The Hall–Kier alpha value is -1.89. The number of carboxylic acids is 1. The van der Waals surface area contributed by atoms with E-state index in [-0.39, 0.29) is 24.7 Å². The molecule has 0 aromatic carbocycles. The van der Waals surface area contributed by atoms with Crippen LogP contribution in [0.1, 0.15) is 32.6 Å². The normalized spacial score (nSPS) is 21.9. The number of nitrogens with zero attached hydrogens (tertiary/aromatic N) is 2. The number of nitrogens with one attached hydrogen (secondary N) is 1. The van der Waals surface area contributed by atoms with Gasteiger partial charge in [-0.15, -0.1) is 0 Å². The number of aliphatic carboxylic acids is 1. The van der Waals surface area contributed by atoms with Gasteiger partial charge in [-0.3, -0.25) is 14.3 Å². The number of carbonyl (C=O) groups is 2. The molecule has 0 saturated carbocycles. The summed E-state index contributed by atoms with van der Waals surface area (Å²) >= 11 is 0. The Morgan fingerprint density at radius 3 is 3.00 bits per heavy atom. The number of carbonyl (C=O) groups excluding carboxylic acids is 1. The highest BCUT2D eigenvalue weighted by atomic mass is 16.5. The highest BCUT2D eigenvalue weighted by Crippen LogP contribution is 2.22. The van der Waals surface area contributed by atoms with E-state index in [1.165, 1.54) is 10.9 Å². The predicted octanol–water partition coefficient (Wildman–Crippen LogP) is 1.25. The van der Waals surface area contributed by atoms with E-state index in [1.807, 2.05) is 6.92 Å². The molecule has 1 saturated heterocycles. The fraction of sp³-hybridized carbons (Fsp3) is 0.615. The third kappa shape index (κ3) is 4.34. The molecular weight excluding hydrogens is 262 g/mol. The fourth-order valence-corrected chi connectivity index (χ4v) is 2.25. The first-order chi connectivity index (χ1) is 9.52. The van der Waals surface area contributed by atoms with Crippen molar-refractivity contribution in [2.45, 2.75) is 51.4 Å². The topological polar surface area (TPSA) is 93.5 Å². The first-order valence-electron chi connectivity index (χ1n) is 6.73. The summed E-state index contributed by atoms with van der Waals surface area (Å²) in [5, 5.41) is 15.2. The number of carboxylic acid groups (broad SMARTS) is 1. The lowest BCUT2D eigenvalue weighted by Gasteiger charge is -2.10. The molecule has 2 N–H and O–H groups in total. The first kappa shape index (κ1) is 14.5. The van der Waals surface area contributed by atoms with Gasteiger partial charge in [-0.05, 0) is 26.2 Å². The average molecular weight is 281 g/mol. The molecule has 20 heavy (non-hydrogen) atoms. The Bertz CT molecular complexity index is 486. The van der Waals surface area contributed by atoms with E-state index < -0.39 is 5.97 Å². The molecule has 0 unspecified atom stereocenters. The maximum absolute atomic E-state index is 11.7. The van der Waals surface area contributed by atoms with Gasteiger partial charge in [0.15, 0.2) is 5.82 Å². The lowest BCUT2D eigenvalue weighted by Crippen LogP contribution is -2.16. The van der Waals surface area contributed by atoms with Crippen LogP contribution in [0.4, 0.5) is 5.82 Å². The summed E-state index contributed by atoms with van der Waals surface area (Å²) in [7, 11) is 0. The van der Waals surface area contributed by atoms with Crippen LogP contribution in [0, 0.1) is 0 Å². The molecule has 2 heterocycles.